The lowest BCUT2D eigenvalue weighted by atomic mass is 10.1. The molecule has 1 N–H and O–H groups in total. The lowest BCUT2D eigenvalue weighted by Gasteiger charge is -2.13. The van der Waals surface area contributed by atoms with E-state index in [1.54, 1.807) is 42.5 Å². The number of amides is 3. The SMILES string of the molecule is CCOc1cc(/C=C2\NC(=O)N(c3ccccc3)C2=O)ccc1OCc1ccc(Br)cc1. The van der Waals surface area contributed by atoms with Crippen molar-refractivity contribution >= 4 is 39.6 Å². The Morgan fingerprint density at radius 2 is 1.69 bits per heavy atom. The summed E-state index contributed by atoms with van der Waals surface area (Å²) in [6.07, 6.45) is 1.63. The lowest BCUT2D eigenvalue weighted by Crippen LogP contribution is -2.30. The van der Waals surface area contributed by atoms with Crippen molar-refractivity contribution in [2.45, 2.75) is 13.5 Å². The lowest BCUT2D eigenvalue weighted by molar-refractivity contribution is -0.113. The van der Waals surface area contributed by atoms with Gasteiger partial charge in [0.05, 0.1) is 12.3 Å². The fourth-order valence-electron chi connectivity index (χ4n) is 3.26. The number of halogens is 1. The molecule has 0 atom stereocenters. The van der Waals surface area contributed by atoms with Crippen LogP contribution < -0.4 is 19.7 Å². The number of hydrogen-bond acceptors (Lipinski definition) is 4. The maximum Gasteiger partial charge on any atom is 0.333 e. The number of carbonyl (C=O) groups is 2. The molecule has 0 aliphatic carbocycles. The number of benzene rings is 3. The minimum atomic E-state index is -0.480. The summed E-state index contributed by atoms with van der Waals surface area (Å²) in [5.41, 5.74) is 2.46. The van der Waals surface area contributed by atoms with Gasteiger partial charge < -0.3 is 14.8 Å². The van der Waals surface area contributed by atoms with E-state index in [0.29, 0.717) is 36.0 Å². The fourth-order valence-corrected chi connectivity index (χ4v) is 3.52. The third-order valence-corrected chi connectivity index (χ3v) is 5.31. The average Bonchev–Trinajstić information content (AvgIpc) is 3.08. The quantitative estimate of drug-likeness (QED) is 0.348. The number of rotatable bonds is 7. The largest absolute Gasteiger partial charge is 0.490 e. The number of carbonyl (C=O) groups excluding carboxylic acids is 2. The van der Waals surface area contributed by atoms with Gasteiger partial charge in [0.25, 0.3) is 5.91 Å². The van der Waals surface area contributed by atoms with Gasteiger partial charge in [-0.15, -0.1) is 0 Å². The summed E-state index contributed by atoms with van der Waals surface area (Å²) in [7, 11) is 0. The molecule has 3 aromatic rings. The monoisotopic (exact) mass is 492 g/mol. The van der Waals surface area contributed by atoms with E-state index in [-0.39, 0.29) is 5.70 Å². The Balaban J connectivity index is 1.54. The van der Waals surface area contributed by atoms with E-state index in [2.05, 4.69) is 21.2 Å². The van der Waals surface area contributed by atoms with Crippen molar-refractivity contribution in [3.05, 3.63) is 94.1 Å². The van der Waals surface area contributed by atoms with Crippen LogP contribution in [0.15, 0.2) is 83.0 Å². The highest BCUT2D eigenvalue weighted by atomic mass is 79.9. The summed E-state index contributed by atoms with van der Waals surface area (Å²) in [6, 6.07) is 21.6. The van der Waals surface area contributed by atoms with Gasteiger partial charge in [-0.1, -0.05) is 52.3 Å². The number of ether oxygens (including phenoxy) is 2. The van der Waals surface area contributed by atoms with Gasteiger partial charge in [-0.2, -0.15) is 0 Å². The van der Waals surface area contributed by atoms with Crippen molar-refractivity contribution in [3.63, 3.8) is 0 Å². The van der Waals surface area contributed by atoms with Crippen molar-refractivity contribution in [3.8, 4) is 11.5 Å². The summed E-state index contributed by atoms with van der Waals surface area (Å²) in [5, 5.41) is 2.64. The molecular weight excluding hydrogens is 472 g/mol. The first-order valence-electron chi connectivity index (χ1n) is 10.1. The average molecular weight is 493 g/mol. The summed E-state index contributed by atoms with van der Waals surface area (Å²) < 4.78 is 12.7. The molecule has 3 amide bonds. The molecule has 0 spiro atoms. The van der Waals surface area contributed by atoms with Gasteiger partial charge in [-0.3, -0.25) is 4.79 Å². The minimum absolute atomic E-state index is 0.199. The van der Waals surface area contributed by atoms with Gasteiger partial charge in [0, 0.05) is 4.47 Å². The highest BCUT2D eigenvalue weighted by Crippen LogP contribution is 2.31. The number of nitrogens with one attached hydrogen (secondary N) is 1. The second kappa shape index (κ2) is 9.70. The highest BCUT2D eigenvalue weighted by Gasteiger charge is 2.34. The predicted molar refractivity (Wildman–Crippen MR) is 127 cm³/mol. The number of imide groups is 1. The molecule has 0 saturated carbocycles. The molecule has 1 saturated heterocycles. The maximum absolute atomic E-state index is 12.8. The molecule has 1 aliphatic rings. The van der Waals surface area contributed by atoms with Crippen LogP contribution >= 0.6 is 15.9 Å². The molecule has 0 unspecified atom stereocenters. The first-order valence-corrected chi connectivity index (χ1v) is 10.9. The predicted octanol–water partition coefficient (Wildman–Crippen LogP) is 5.52. The van der Waals surface area contributed by atoms with Crippen LogP contribution in [-0.2, 0) is 11.4 Å². The number of para-hydroxylation sites is 1. The molecule has 1 aliphatic heterocycles. The Hall–Kier alpha value is -3.58. The molecule has 162 valence electrons. The van der Waals surface area contributed by atoms with Crippen molar-refractivity contribution in [1.82, 2.24) is 5.32 Å². The molecule has 6 nitrogen and oxygen atoms in total. The number of anilines is 1. The number of hydrogen-bond donors (Lipinski definition) is 1. The number of nitrogens with zero attached hydrogens (tertiary/aromatic N) is 1. The summed E-state index contributed by atoms with van der Waals surface area (Å²) in [6.45, 7) is 2.75. The van der Waals surface area contributed by atoms with E-state index in [0.717, 1.165) is 14.9 Å². The molecule has 0 aromatic heterocycles. The zero-order valence-corrected chi connectivity index (χ0v) is 19.0. The summed E-state index contributed by atoms with van der Waals surface area (Å²) in [5.74, 6) is 0.759. The molecule has 0 radical (unpaired) electrons. The van der Waals surface area contributed by atoms with E-state index in [4.69, 9.17) is 9.47 Å². The molecule has 0 bridgehead atoms. The summed E-state index contributed by atoms with van der Waals surface area (Å²) >= 11 is 3.42. The van der Waals surface area contributed by atoms with Gasteiger partial charge in [0.1, 0.15) is 12.3 Å². The first-order chi connectivity index (χ1) is 15.5. The second-order valence-electron chi connectivity index (χ2n) is 7.02. The maximum atomic E-state index is 12.8. The zero-order chi connectivity index (χ0) is 22.5. The van der Waals surface area contributed by atoms with Crippen molar-refractivity contribution < 1.29 is 19.1 Å². The Labute approximate surface area is 194 Å². The van der Waals surface area contributed by atoms with E-state index in [9.17, 15) is 9.59 Å². The van der Waals surface area contributed by atoms with Crippen molar-refractivity contribution in [2.75, 3.05) is 11.5 Å². The minimum Gasteiger partial charge on any atom is -0.490 e. The highest BCUT2D eigenvalue weighted by molar-refractivity contribution is 9.10. The van der Waals surface area contributed by atoms with Crippen LogP contribution in [0, 0.1) is 0 Å². The van der Waals surface area contributed by atoms with Crippen LogP contribution in [0.25, 0.3) is 6.08 Å². The van der Waals surface area contributed by atoms with Gasteiger partial charge in [0.2, 0.25) is 0 Å². The van der Waals surface area contributed by atoms with Gasteiger partial charge in [0.15, 0.2) is 11.5 Å². The number of urea groups is 1. The van der Waals surface area contributed by atoms with E-state index < -0.39 is 11.9 Å². The Morgan fingerprint density at radius 3 is 2.41 bits per heavy atom. The second-order valence-corrected chi connectivity index (χ2v) is 7.93. The van der Waals surface area contributed by atoms with E-state index >= 15 is 0 Å². The van der Waals surface area contributed by atoms with E-state index in [1.807, 2.05) is 43.3 Å². The van der Waals surface area contributed by atoms with Crippen LogP contribution in [0.1, 0.15) is 18.1 Å². The third-order valence-electron chi connectivity index (χ3n) is 4.78. The molecule has 32 heavy (non-hydrogen) atoms. The van der Waals surface area contributed by atoms with Crippen molar-refractivity contribution in [2.24, 2.45) is 0 Å². The molecule has 1 fully saturated rings. The van der Waals surface area contributed by atoms with Gasteiger partial charge in [-0.25, -0.2) is 9.69 Å². The van der Waals surface area contributed by atoms with Crippen LogP contribution in [0.3, 0.4) is 0 Å². The standard InChI is InChI=1S/C25H21BrN2O4/c1-2-31-23-15-18(10-13-22(23)32-16-17-8-11-19(26)12-9-17)14-21-24(29)28(25(30)27-21)20-6-4-3-5-7-20/h3-15H,2,16H2,1H3,(H,27,30)/b21-14-. The normalized spacial score (nSPS) is 14.6. The molecule has 1 heterocycles. The molecule has 3 aromatic carbocycles. The van der Waals surface area contributed by atoms with Crippen LogP contribution in [0.5, 0.6) is 11.5 Å². The smallest absolute Gasteiger partial charge is 0.333 e. The Morgan fingerprint density at radius 1 is 0.938 bits per heavy atom. The first kappa shape index (κ1) is 21.6. The molecular formula is C25H21BrN2O4. The third kappa shape index (κ3) is 4.84. The van der Waals surface area contributed by atoms with Gasteiger partial charge >= 0.3 is 6.03 Å². The topological polar surface area (TPSA) is 67.9 Å². The van der Waals surface area contributed by atoms with Crippen molar-refractivity contribution in [1.29, 1.82) is 0 Å². The van der Waals surface area contributed by atoms with E-state index in [1.165, 1.54) is 0 Å². The zero-order valence-electron chi connectivity index (χ0n) is 17.4. The fraction of sp³-hybridized carbons (Fsp3) is 0.120. The Bertz CT molecular complexity index is 1160. The van der Waals surface area contributed by atoms with Crippen LogP contribution in [-0.4, -0.2) is 18.5 Å². The molecule has 7 heteroatoms. The van der Waals surface area contributed by atoms with Crippen LogP contribution in [0.4, 0.5) is 10.5 Å². The molecule has 4 rings (SSSR count). The van der Waals surface area contributed by atoms with Gasteiger partial charge in [-0.05, 0) is 60.5 Å². The summed E-state index contributed by atoms with van der Waals surface area (Å²) in [4.78, 5) is 26.3. The Kier molecular flexibility index (Phi) is 6.56. The van der Waals surface area contributed by atoms with Crippen LogP contribution in [0.2, 0.25) is 0 Å².